The maximum Gasteiger partial charge on any atom is 0.291 e. The van der Waals surface area contributed by atoms with Gasteiger partial charge < -0.3 is 19.2 Å². The molecule has 1 aliphatic rings. The van der Waals surface area contributed by atoms with E-state index >= 15 is 0 Å². The zero-order valence-corrected chi connectivity index (χ0v) is 16.0. The molecule has 2 aromatic heterocycles. The molecule has 1 fully saturated rings. The van der Waals surface area contributed by atoms with Crippen molar-refractivity contribution >= 4 is 17.5 Å². The number of likely N-dealkylation sites (tertiary alicyclic amines) is 1. The largest absolute Gasteiger partial charge is 0.504 e. The van der Waals surface area contributed by atoms with Crippen LogP contribution < -0.4 is 4.74 Å². The average Bonchev–Trinajstić information content (AvgIpc) is 3.38. The minimum Gasteiger partial charge on any atom is -0.504 e. The number of Topliss-reactive ketones (excluding diaryl/α,β-unsaturated/α-hetero) is 2. The number of nitrogens with zero attached hydrogens (tertiary/aromatic N) is 2. The first-order valence-corrected chi connectivity index (χ1v) is 9.19. The number of benzene rings is 1. The number of ketones is 2. The van der Waals surface area contributed by atoms with E-state index in [1.54, 1.807) is 36.7 Å². The minimum absolute atomic E-state index is 0.000112. The zero-order valence-electron chi connectivity index (χ0n) is 16.0. The van der Waals surface area contributed by atoms with Gasteiger partial charge in [-0.2, -0.15) is 0 Å². The van der Waals surface area contributed by atoms with Gasteiger partial charge in [0.15, 0.2) is 17.3 Å². The molecule has 8 nitrogen and oxygen atoms in total. The van der Waals surface area contributed by atoms with Crippen LogP contribution in [0.5, 0.6) is 11.5 Å². The number of amides is 1. The number of furan rings is 1. The summed E-state index contributed by atoms with van der Waals surface area (Å²) in [5, 5.41) is 9.95. The molecule has 0 spiro atoms. The van der Waals surface area contributed by atoms with Crippen LogP contribution in [-0.2, 0) is 16.1 Å². The number of pyridine rings is 1. The number of phenols is 1. The fourth-order valence-corrected chi connectivity index (χ4v) is 3.67. The molecule has 0 radical (unpaired) electrons. The molecule has 2 atom stereocenters. The Morgan fingerprint density at radius 2 is 2.07 bits per heavy atom. The molecule has 0 saturated carbocycles. The van der Waals surface area contributed by atoms with E-state index in [-0.39, 0.29) is 23.8 Å². The molecule has 30 heavy (non-hydrogen) atoms. The molecule has 0 bridgehead atoms. The van der Waals surface area contributed by atoms with Gasteiger partial charge in [0.05, 0.1) is 19.4 Å². The topological polar surface area (TPSA) is 110 Å². The molecule has 1 saturated heterocycles. The summed E-state index contributed by atoms with van der Waals surface area (Å²) in [6.07, 6.45) is 4.53. The van der Waals surface area contributed by atoms with Crippen LogP contribution in [0.3, 0.4) is 0 Å². The van der Waals surface area contributed by atoms with Gasteiger partial charge >= 0.3 is 0 Å². The number of hydrogen-bond donors (Lipinski definition) is 1. The summed E-state index contributed by atoms with van der Waals surface area (Å²) in [6, 6.07) is 10.1. The normalized spacial score (nSPS) is 18.6. The second-order valence-electron chi connectivity index (χ2n) is 6.85. The summed E-state index contributed by atoms with van der Waals surface area (Å²) in [6.45, 7) is 0.0915. The van der Waals surface area contributed by atoms with Crippen molar-refractivity contribution in [1.29, 1.82) is 0 Å². The third kappa shape index (κ3) is 3.32. The highest BCUT2D eigenvalue weighted by Gasteiger charge is 2.52. The Hall–Kier alpha value is -3.94. The van der Waals surface area contributed by atoms with E-state index in [2.05, 4.69) is 4.98 Å². The molecule has 2 unspecified atom stereocenters. The molecule has 0 aliphatic carbocycles. The highest BCUT2D eigenvalue weighted by atomic mass is 16.5. The van der Waals surface area contributed by atoms with Crippen molar-refractivity contribution < 1.29 is 28.6 Å². The van der Waals surface area contributed by atoms with E-state index in [0.29, 0.717) is 11.1 Å². The third-order valence-electron chi connectivity index (χ3n) is 5.07. The van der Waals surface area contributed by atoms with Crippen molar-refractivity contribution in [1.82, 2.24) is 9.88 Å². The maximum atomic E-state index is 13.1. The van der Waals surface area contributed by atoms with Gasteiger partial charge in [-0.1, -0.05) is 12.1 Å². The zero-order chi connectivity index (χ0) is 21.3. The molecule has 1 aliphatic heterocycles. The van der Waals surface area contributed by atoms with E-state index in [1.165, 1.54) is 36.5 Å². The van der Waals surface area contributed by atoms with Crippen molar-refractivity contribution in [2.45, 2.75) is 12.6 Å². The molecule has 4 rings (SSSR count). The Balaban J connectivity index is 1.81. The lowest BCUT2D eigenvalue weighted by Gasteiger charge is -2.27. The Labute approximate surface area is 171 Å². The molecule has 1 N–H and O–H groups in total. The van der Waals surface area contributed by atoms with Crippen LogP contribution in [0.15, 0.2) is 65.5 Å². The molecule has 1 aromatic carbocycles. The highest BCUT2D eigenvalue weighted by molar-refractivity contribution is 6.43. The second kappa shape index (κ2) is 7.82. The van der Waals surface area contributed by atoms with Crippen molar-refractivity contribution in [3.05, 3.63) is 78.0 Å². The van der Waals surface area contributed by atoms with E-state index in [4.69, 9.17) is 9.15 Å². The molecule has 3 aromatic rings. The number of methoxy groups -OCH3 is 1. The van der Waals surface area contributed by atoms with Crippen molar-refractivity contribution in [3.8, 4) is 11.5 Å². The standard InChI is InChI=1S/C22H18N2O6/c1-29-17-10-14(6-7-15(17)25)19-18(20(26)16-5-3-9-30-16)21(27)22(28)24(19)12-13-4-2-8-23-11-13/h2-11,18-19,25H,12H2,1H3. The van der Waals surface area contributed by atoms with Crippen LogP contribution in [0.1, 0.15) is 27.7 Å². The number of hydrogen-bond acceptors (Lipinski definition) is 7. The number of ether oxygens (including phenoxy) is 1. The lowest BCUT2D eigenvalue weighted by atomic mass is 9.88. The number of carbonyl (C=O) groups is 3. The fourth-order valence-electron chi connectivity index (χ4n) is 3.67. The van der Waals surface area contributed by atoms with E-state index in [9.17, 15) is 19.5 Å². The Bertz CT molecular complexity index is 1090. The van der Waals surface area contributed by atoms with E-state index < -0.39 is 29.4 Å². The van der Waals surface area contributed by atoms with Crippen LogP contribution in [0.2, 0.25) is 0 Å². The number of rotatable bonds is 6. The molecule has 152 valence electrons. The van der Waals surface area contributed by atoms with Crippen LogP contribution >= 0.6 is 0 Å². The predicted molar refractivity (Wildman–Crippen MR) is 104 cm³/mol. The highest BCUT2D eigenvalue weighted by Crippen LogP contribution is 2.41. The number of phenolic OH excluding ortho intramolecular Hbond substituents is 1. The molecular formula is C22H18N2O6. The first kappa shape index (κ1) is 19.4. The van der Waals surface area contributed by atoms with Gasteiger partial charge in [-0.25, -0.2) is 0 Å². The number of aromatic nitrogens is 1. The number of aromatic hydroxyl groups is 1. The predicted octanol–water partition coefficient (Wildman–Crippen LogP) is 2.54. The molecule has 3 heterocycles. The second-order valence-corrected chi connectivity index (χ2v) is 6.85. The first-order valence-electron chi connectivity index (χ1n) is 9.19. The van der Waals surface area contributed by atoms with Crippen LogP contribution in [0, 0.1) is 5.92 Å². The molecule has 1 amide bonds. The Kier molecular flexibility index (Phi) is 5.05. The van der Waals surface area contributed by atoms with Gasteiger partial charge in [-0.15, -0.1) is 0 Å². The Morgan fingerprint density at radius 3 is 2.73 bits per heavy atom. The van der Waals surface area contributed by atoms with Crippen LogP contribution in [0.4, 0.5) is 0 Å². The van der Waals surface area contributed by atoms with Gasteiger partial charge in [0.2, 0.25) is 11.6 Å². The Morgan fingerprint density at radius 1 is 1.23 bits per heavy atom. The summed E-state index contributed by atoms with van der Waals surface area (Å²) in [7, 11) is 1.39. The lowest BCUT2D eigenvalue weighted by molar-refractivity contribution is -0.141. The average molecular weight is 406 g/mol. The first-order chi connectivity index (χ1) is 14.5. The molecular weight excluding hydrogens is 388 g/mol. The lowest BCUT2D eigenvalue weighted by Crippen LogP contribution is -2.30. The summed E-state index contributed by atoms with van der Waals surface area (Å²) in [5.41, 5.74) is 1.19. The van der Waals surface area contributed by atoms with Crippen LogP contribution in [0.25, 0.3) is 0 Å². The van der Waals surface area contributed by atoms with E-state index in [0.717, 1.165) is 0 Å². The van der Waals surface area contributed by atoms with Gasteiger partial charge in [0.25, 0.3) is 5.91 Å². The summed E-state index contributed by atoms with van der Waals surface area (Å²) < 4.78 is 10.4. The minimum atomic E-state index is -1.28. The summed E-state index contributed by atoms with van der Waals surface area (Å²) in [4.78, 5) is 44.3. The van der Waals surface area contributed by atoms with Crippen molar-refractivity contribution in [3.63, 3.8) is 0 Å². The van der Waals surface area contributed by atoms with Gasteiger partial charge in [0.1, 0.15) is 5.92 Å². The fraction of sp³-hybridized carbons (Fsp3) is 0.182. The van der Waals surface area contributed by atoms with Crippen LogP contribution in [-0.4, -0.2) is 39.6 Å². The van der Waals surface area contributed by atoms with Crippen molar-refractivity contribution in [2.75, 3.05) is 7.11 Å². The van der Waals surface area contributed by atoms with Gasteiger partial charge in [-0.05, 0) is 41.5 Å². The summed E-state index contributed by atoms with van der Waals surface area (Å²) in [5.74, 6) is -3.36. The number of carbonyl (C=O) groups excluding carboxylic acids is 3. The molecule has 8 heteroatoms. The third-order valence-corrected chi connectivity index (χ3v) is 5.07. The van der Waals surface area contributed by atoms with Gasteiger partial charge in [-0.3, -0.25) is 19.4 Å². The van der Waals surface area contributed by atoms with Crippen molar-refractivity contribution in [2.24, 2.45) is 5.92 Å². The SMILES string of the molecule is COc1cc(C2C(C(=O)c3ccco3)C(=O)C(=O)N2Cc2cccnc2)ccc1O. The van der Waals surface area contributed by atoms with E-state index in [1.807, 2.05) is 0 Å². The monoisotopic (exact) mass is 406 g/mol. The maximum absolute atomic E-state index is 13.1. The quantitative estimate of drug-likeness (QED) is 0.380. The summed E-state index contributed by atoms with van der Waals surface area (Å²) >= 11 is 0. The smallest absolute Gasteiger partial charge is 0.291 e. The van der Waals surface area contributed by atoms with Gasteiger partial charge in [0, 0.05) is 18.9 Å².